The number of nitrogens with zero attached hydrogens (tertiary/aromatic N) is 1. The van der Waals surface area contributed by atoms with Gasteiger partial charge in [0.2, 0.25) is 5.91 Å². The summed E-state index contributed by atoms with van der Waals surface area (Å²) in [6.45, 7) is 4.25. The zero-order chi connectivity index (χ0) is 12.5. The van der Waals surface area contributed by atoms with Crippen molar-refractivity contribution in [2.75, 3.05) is 26.3 Å². The van der Waals surface area contributed by atoms with Crippen molar-refractivity contribution in [3.05, 3.63) is 35.9 Å². The Morgan fingerprint density at radius 3 is 2.65 bits per heavy atom. The lowest BCUT2D eigenvalue weighted by Crippen LogP contribution is -2.33. The Morgan fingerprint density at radius 2 is 2.06 bits per heavy atom. The molecule has 0 radical (unpaired) electrons. The number of ether oxygens (including phenoxy) is 1. The van der Waals surface area contributed by atoms with Gasteiger partial charge >= 0.3 is 0 Å². The first kappa shape index (κ1) is 13.7. The number of hydrogen-bond acceptors (Lipinski definition) is 3. The summed E-state index contributed by atoms with van der Waals surface area (Å²) in [4.78, 5) is 13.6. The summed E-state index contributed by atoms with van der Waals surface area (Å²) in [6.07, 6.45) is 0. The molecule has 4 nitrogen and oxygen atoms in total. The van der Waals surface area contributed by atoms with Gasteiger partial charge < -0.3 is 15.4 Å². The monoisotopic (exact) mass is 236 g/mol. The number of rotatable bonds is 7. The Bertz CT molecular complexity index is 327. The van der Waals surface area contributed by atoms with Crippen LogP contribution in [-0.4, -0.2) is 37.1 Å². The van der Waals surface area contributed by atoms with Crippen LogP contribution >= 0.6 is 0 Å². The van der Waals surface area contributed by atoms with E-state index in [9.17, 15) is 4.79 Å². The summed E-state index contributed by atoms with van der Waals surface area (Å²) >= 11 is 0. The average Bonchev–Trinajstić information content (AvgIpc) is 2.37. The van der Waals surface area contributed by atoms with Gasteiger partial charge in [-0.25, -0.2) is 0 Å². The first-order valence-corrected chi connectivity index (χ1v) is 5.87. The number of carbonyl (C=O) groups is 1. The van der Waals surface area contributed by atoms with E-state index >= 15 is 0 Å². The van der Waals surface area contributed by atoms with Crippen molar-refractivity contribution in [2.24, 2.45) is 5.73 Å². The third-order valence-corrected chi connectivity index (χ3v) is 2.44. The third-order valence-electron chi connectivity index (χ3n) is 2.44. The van der Waals surface area contributed by atoms with Gasteiger partial charge in [0.05, 0.1) is 6.61 Å². The maximum atomic E-state index is 11.8. The summed E-state index contributed by atoms with van der Waals surface area (Å²) < 4.78 is 5.15. The number of carbonyl (C=O) groups excluding carboxylic acids is 1. The Kier molecular flexibility index (Phi) is 6.29. The highest BCUT2D eigenvalue weighted by atomic mass is 16.5. The standard InChI is InChI=1S/C13H20N2O2/c1-2-15(13(16)11-17-9-8-14)10-12-6-4-3-5-7-12/h3-7H,2,8-11,14H2,1H3. The Labute approximate surface area is 102 Å². The minimum atomic E-state index is 0.00445. The molecule has 1 amide bonds. The van der Waals surface area contributed by atoms with Gasteiger partial charge in [-0.1, -0.05) is 30.3 Å². The normalized spacial score (nSPS) is 10.2. The van der Waals surface area contributed by atoms with Crippen molar-refractivity contribution in [1.82, 2.24) is 4.90 Å². The van der Waals surface area contributed by atoms with Gasteiger partial charge in [0, 0.05) is 19.6 Å². The van der Waals surface area contributed by atoms with Crippen LogP contribution in [0.3, 0.4) is 0 Å². The molecule has 0 saturated heterocycles. The highest BCUT2D eigenvalue weighted by Gasteiger charge is 2.11. The van der Waals surface area contributed by atoms with Crippen LogP contribution < -0.4 is 5.73 Å². The maximum Gasteiger partial charge on any atom is 0.248 e. The topological polar surface area (TPSA) is 55.6 Å². The summed E-state index contributed by atoms with van der Waals surface area (Å²) in [5.74, 6) is 0.00445. The molecule has 0 aliphatic heterocycles. The second-order valence-corrected chi connectivity index (χ2v) is 3.73. The molecule has 0 aliphatic rings. The van der Waals surface area contributed by atoms with Gasteiger partial charge in [-0.3, -0.25) is 4.79 Å². The molecular weight excluding hydrogens is 216 g/mol. The van der Waals surface area contributed by atoms with Gasteiger partial charge in [0.1, 0.15) is 6.61 Å². The second kappa shape index (κ2) is 7.81. The first-order valence-electron chi connectivity index (χ1n) is 5.87. The van der Waals surface area contributed by atoms with Crippen LogP contribution in [0.1, 0.15) is 12.5 Å². The number of nitrogens with two attached hydrogens (primary N) is 1. The molecular formula is C13H20N2O2. The van der Waals surface area contributed by atoms with E-state index < -0.39 is 0 Å². The summed E-state index contributed by atoms with van der Waals surface area (Å²) in [5, 5.41) is 0. The van der Waals surface area contributed by atoms with Crippen molar-refractivity contribution >= 4 is 5.91 Å². The van der Waals surface area contributed by atoms with E-state index in [2.05, 4.69) is 0 Å². The molecule has 94 valence electrons. The van der Waals surface area contributed by atoms with E-state index in [0.717, 1.165) is 5.56 Å². The van der Waals surface area contributed by atoms with Crippen molar-refractivity contribution in [2.45, 2.75) is 13.5 Å². The smallest absolute Gasteiger partial charge is 0.248 e. The quantitative estimate of drug-likeness (QED) is 0.719. The summed E-state index contributed by atoms with van der Waals surface area (Å²) in [7, 11) is 0. The van der Waals surface area contributed by atoms with Gasteiger partial charge in [0.15, 0.2) is 0 Å². The molecule has 0 bridgehead atoms. The molecule has 0 fully saturated rings. The molecule has 2 N–H and O–H groups in total. The van der Waals surface area contributed by atoms with Gasteiger partial charge in [-0.2, -0.15) is 0 Å². The number of hydrogen-bond donors (Lipinski definition) is 1. The summed E-state index contributed by atoms with van der Waals surface area (Å²) in [5.41, 5.74) is 6.42. The zero-order valence-electron chi connectivity index (χ0n) is 10.3. The van der Waals surface area contributed by atoms with Crippen molar-refractivity contribution in [1.29, 1.82) is 0 Å². The fraction of sp³-hybridized carbons (Fsp3) is 0.462. The minimum Gasteiger partial charge on any atom is -0.370 e. The molecule has 0 spiro atoms. The van der Waals surface area contributed by atoms with Crippen LogP contribution in [0.15, 0.2) is 30.3 Å². The van der Waals surface area contributed by atoms with Crippen molar-refractivity contribution < 1.29 is 9.53 Å². The van der Waals surface area contributed by atoms with E-state index in [4.69, 9.17) is 10.5 Å². The predicted molar refractivity (Wildman–Crippen MR) is 67.4 cm³/mol. The van der Waals surface area contributed by atoms with Crippen molar-refractivity contribution in [3.8, 4) is 0 Å². The number of benzene rings is 1. The van der Waals surface area contributed by atoms with Gasteiger partial charge in [-0.15, -0.1) is 0 Å². The fourth-order valence-corrected chi connectivity index (χ4v) is 1.51. The molecule has 0 aromatic heterocycles. The Morgan fingerprint density at radius 1 is 1.35 bits per heavy atom. The van der Waals surface area contributed by atoms with Gasteiger partial charge in [0.25, 0.3) is 0 Å². The molecule has 0 heterocycles. The molecule has 0 unspecified atom stereocenters. The minimum absolute atomic E-state index is 0.00445. The zero-order valence-corrected chi connectivity index (χ0v) is 10.3. The Hall–Kier alpha value is -1.39. The lowest BCUT2D eigenvalue weighted by molar-refractivity contribution is -0.136. The molecule has 17 heavy (non-hydrogen) atoms. The first-order chi connectivity index (χ1) is 8.27. The van der Waals surface area contributed by atoms with E-state index in [1.807, 2.05) is 37.3 Å². The van der Waals surface area contributed by atoms with Crippen LogP contribution in [0.2, 0.25) is 0 Å². The van der Waals surface area contributed by atoms with E-state index in [-0.39, 0.29) is 12.5 Å². The maximum absolute atomic E-state index is 11.8. The van der Waals surface area contributed by atoms with Crippen LogP contribution in [0.4, 0.5) is 0 Å². The van der Waals surface area contributed by atoms with Crippen LogP contribution in [0, 0.1) is 0 Å². The van der Waals surface area contributed by atoms with Gasteiger partial charge in [-0.05, 0) is 12.5 Å². The SMILES string of the molecule is CCN(Cc1ccccc1)C(=O)COCCN. The molecule has 0 atom stereocenters. The largest absolute Gasteiger partial charge is 0.370 e. The van der Waals surface area contributed by atoms with E-state index in [1.165, 1.54) is 0 Å². The van der Waals surface area contributed by atoms with Crippen molar-refractivity contribution in [3.63, 3.8) is 0 Å². The second-order valence-electron chi connectivity index (χ2n) is 3.73. The molecule has 1 rings (SSSR count). The Balaban J connectivity index is 2.45. The predicted octanol–water partition coefficient (Wildman–Crippen LogP) is 1.01. The lowest BCUT2D eigenvalue weighted by Gasteiger charge is -2.20. The number of likely N-dealkylation sites (N-methyl/N-ethyl adjacent to an activating group) is 1. The van der Waals surface area contributed by atoms with Crippen LogP contribution in [0.5, 0.6) is 0 Å². The molecule has 1 aromatic rings. The average molecular weight is 236 g/mol. The lowest BCUT2D eigenvalue weighted by atomic mass is 10.2. The molecule has 0 saturated carbocycles. The van der Waals surface area contributed by atoms with Crippen LogP contribution in [0.25, 0.3) is 0 Å². The highest BCUT2D eigenvalue weighted by molar-refractivity contribution is 5.77. The third kappa shape index (κ3) is 4.97. The molecule has 4 heteroatoms. The highest BCUT2D eigenvalue weighted by Crippen LogP contribution is 2.04. The van der Waals surface area contributed by atoms with E-state index in [0.29, 0.717) is 26.2 Å². The molecule has 1 aromatic carbocycles. The molecule has 0 aliphatic carbocycles. The summed E-state index contributed by atoms with van der Waals surface area (Å²) in [6, 6.07) is 9.93. The van der Waals surface area contributed by atoms with Crippen LogP contribution in [-0.2, 0) is 16.1 Å². The van der Waals surface area contributed by atoms with E-state index in [1.54, 1.807) is 4.90 Å². The fourth-order valence-electron chi connectivity index (χ4n) is 1.51. The number of amides is 1.